The van der Waals surface area contributed by atoms with Crippen molar-refractivity contribution in [3.8, 4) is 0 Å². The van der Waals surface area contributed by atoms with Crippen molar-refractivity contribution in [3.05, 3.63) is 36.4 Å². The number of nitrogens with one attached hydrogen (secondary N) is 1. The summed E-state index contributed by atoms with van der Waals surface area (Å²) in [6, 6.07) is 7.38. The van der Waals surface area contributed by atoms with E-state index < -0.39 is 30.0 Å². The van der Waals surface area contributed by atoms with Gasteiger partial charge < -0.3 is 20.1 Å². The molecule has 1 aromatic rings. The van der Waals surface area contributed by atoms with Crippen LogP contribution in [-0.4, -0.2) is 43.3 Å². The lowest BCUT2D eigenvalue weighted by molar-refractivity contribution is -0.145. The van der Waals surface area contributed by atoms with Gasteiger partial charge in [0, 0.05) is 25.5 Å². The molecule has 1 saturated heterocycles. The van der Waals surface area contributed by atoms with Crippen LogP contribution in [0.2, 0.25) is 0 Å². The summed E-state index contributed by atoms with van der Waals surface area (Å²) in [7, 11) is 3.87. The number of nitrogens with zero attached hydrogens (tertiary/aromatic N) is 1. The Labute approximate surface area is 128 Å². The van der Waals surface area contributed by atoms with Crippen LogP contribution in [0.3, 0.4) is 0 Å². The number of benzene rings is 1. The summed E-state index contributed by atoms with van der Waals surface area (Å²) in [6.07, 6.45) is 2.53. The first-order chi connectivity index (χ1) is 10.5. The summed E-state index contributed by atoms with van der Waals surface area (Å²) in [6.45, 7) is 0. The van der Waals surface area contributed by atoms with E-state index in [2.05, 4.69) is 5.32 Å². The van der Waals surface area contributed by atoms with Gasteiger partial charge in [-0.15, -0.1) is 0 Å². The second-order valence-corrected chi connectivity index (χ2v) is 5.77. The third-order valence-electron chi connectivity index (χ3n) is 4.14. The zero-order valence-electron chi connectivity index (χ0n) is 12.4. The molecule has 2 aliphatic heterocycles. The maximum Gasteiger partial charge on any atom is 0.310 e. The first kappa shape index (κ1) is 14.6. The van der Waals surface area contributed by atoms with Gasteiger partial charge in [-0.3, -0.25) is 9.59 Å². The van der Waals surface area contributed by atoms with Crippen LogP contribution in [-0.2, 0) is 14.3 Å². The van der Waals surface area contributed by atoms with E-state index in [4.69, 9.17) is 4.74 Å². The zero-order valence-corrected chi connectivity index (χ0v) is 12.4. The van der Waals surface area contributed by atoms with Gasteiger partial charge in [0.15, 0.2) is 0 Å². The number of carboxylic acids is 1. The van der Waals surface area contributed by atoms with Crippen molar-refractivity contribution >= 4 is 23.3 Å². The molecule has 116 valence electrons. The van der Waals surface area contributed by atoms with Gasteiger partial charge in [0.05, 0.1) is 18.1 Å². The number of rotatable bonds is 4. The van der Waals surface area contributed by atoms with E-state index in [1.54, 1.807) is 24.3 Å². The molecule has 0 saturated carbocycles. The van der Waals surface area contributed by atoms with Crippen molar-refractivity contribution in [3.63, 3.8) is 0 Å². The van der Waals surface area contributed by atoms with Crippen molar-refractivity contribution in [2.75, 3.05) is 24.3 Å². The first-order valence-electron chi connectivity index (χ1n) is 7.12. The molecule has 2 bridgehead atoms. The molecule has 0 radical (unpaired) electrons. The Morgan fingerprint density at radius 3 is 2.23 bits per heavy atom. The molecule has 3 rings (SSSR count). The zero-order chi connectivity index (χ0) is 15.9. The molecular formula is C16H18N2O4. The Bertz CT molecular complexity index is 624. The van der Waals surface area contributed by atoms with Crippen LogP contribution >= 0.6 is 0 Å². The molecule has 0 aromatic heterocycles. The Morgan fingerprint density at radius 1 is 1.09 bits per heavy atom. The lowest BCUT2D eigenvalue weighted by atomic mass is 9.82. The topological polar surface area (TPSA) is 78.9 Å². The molecule has 1 aromatic carbocycles. The van der Waals surface area contributed by atoms with Gasteiger partial charge in [0.1, 0.15) is 5.92 Å². The van der Waals surface area contributed by atoms with Crippen LogP contribution in [0.5, 0.6) is 0 Å². The molecule has 2 aliphatic rings. The number of fused-ring (bicyclic) bond motifs is 2. The quantitative estimate of drug-likeness (QED) is 0.821. The van der Waals surface area contributed by atoms with Crippen molar-refractivity contribution in [1.82, 2.24) is 0 Å². The molecule has 6 nitrogen and oxygen atoms in total. The van der Waals surface area contributed by atoms with Crippen LogP contribution in [0, 0.1) is 11.8 Å². The lowest BCUT2D eigenvalue weighted by Crippen LogP contribution is -2.39. The van der Waals surface area contributed by atoms with Crippen molar-refractivity contribution < 1.29 is 19.4 Å². The number of anilines is 2. The Balaban J connectivity index is 1.74. The fourth-order valence-corrected chi connectivity index (χ4v) is 2.98. The van der Waals surface area contributed by atoms with E-state index in [1.165, 1.54) is 0 Å². The number of hydrogen-bond donors (Lipinski definition) is 2. The normalized spacial score (nSPS) is 28.6. The number of carbonyl (C=O) groups excluding carboxylic acids is 1. The van der Waals surface area contributed by atoms with Gasteiger partial charge in [-0.1, -0.05) is 12.2 Å². The highest BCUT2D eigenvalue weighted by atomic mass is 16.5. The van der Waals surface area contributed by atoms with Gasteiger partial charge >= 0.3 is 5.97 Å². The Morgan fingerprint density at radius 2 is 1.68 bits per heavy atom. The molecule has 0 unspecified atom stereocenters. The van der Waals surface area contributed by atoms with Crippen molar-refractivity contribution in [1.29, 1.82) is 0 Å². The Hall–Kier alpha value is -2.34. The van der Waals surface area contributed by atoms with E-state index in [-0.39, 0.29) is 5.91 Å². The molecule has 1 amide bonds. The van der Waals surface area contributed by atoms with Crippen molar-refractivity contribution in [2.24, 2.45) is 11.8 Å². The highest BCUT2D eigenvalue weighted by Crippen LogP contribution is 2.39. The first-order valence-corrected chi connectivity index (χ1v) is 7.12. The molecule has 0 aliphatic carbocycles. The van der Waals surface area contributed by atoms with Gasteiger partial charge in [0.2, 0.25) is 5.91 Å². The molecule has 6 heteroatoms. The predicted molar refractivity (Wildman–Crippen MR) is 81.8 cm³/mol. The molecule has 1 fully saturated rings. The van der Waals surface area contributed by atoms with Crippen LogP contribution < -0.4 is 10.2 Å². The summed E-state index contributed by atoms with van der Waals surface area (Å²) in [5.74, 6) is -2.83. The van der Waals surface area contributed by atoms with Gasteiger partial charge in [0.25, 0.3) is 0 Å². The third-order valence-corrected chi connectivity index (χ3v) is 4.14. The maximum atomic E-state index is 12.4. The van der Waals surface area contributed by atoms with Crippen molar-refractivity contribution in [2.45, 2.75) is 12.2 Å². The molecule has 0 spiro atoms. The predicted octanol–water partition coefficient (Wildman–Crippen LogP) is 1.35. The van der Waals surface area contributed by atoms with E-state index in [0.717, 1.165) is 5.69 Å². The van der Waals surface area contributed by atoms with Crippen LogP contribution in [0.15, 0.2) is 36.4 Å². The van der Waals surface area contributed by atoms with Gasteiger partial charge in [-0.25, -0.2) is 0 Å². The summed E-state index contributed by atoms with van der Waals surface area (Å²) in [5, 5.41) is 12.1. The summed E-state index contributed by atoms with van der Waals surface area (Å²) in [5.41, 5.74) is 1.67. The standard InChI is InChI=1S/C16H18N2O4/c1-18(2)10-5-3-9(4-6-10)17-15(19)13-11-7-8-12(22-11)14(13)16(20)21/h3-8,11-14H,1-2H3,(H,17,19)(H,20,21)/t11-,12-,13-,14+/m1/s1. The average molecular weight is 302 g/mol. The largest absolute Gasteiger partial charge is 0.481 e. The third kappa shape index (κ3) is 2.46. The second-order valence-electron chi connectivity index (χ2n) is 5.77. The summed E-state index contributed by atoms with van der Waals surface area (Å²) >= 11 is 0. The van der Waals surface area contributed by atoms with Crippen LogP contribution in [0.1, 0.15) is 0 Å². The monoisotopic (exact) mass is 302 g/mol. The lowest BCUT2D eigenvalue weighted by Gasteiger charge is -2.21. The maximum absolute atomic E-state index is 12.4. The van der Waals surface area contributed by atoms with E-state index in [0.29, 0.717) is 5.69 Å². The smallest absolute Gasteiger partial charge is 0.310 e. The van der Waals surface area contributed by atoms with E-state index >= 15 is 0 Å². The molecular weight excluding hydrogens is 284 g/mol. The average Bonchev–Trinajstić information content (AvgIpc) is 3.08. The minimum absolute atomic E-state index is 0.318. The summed E-state index contributed by atoms with van der Waals surface area (Å²) in [4.78, 5) is 25.8. The van der Waals surface area contributed by atoms with Gasteiger partial charge in [-0.05, 0) is 24.3 Å². The van der Waals surface area contributed by atoms with Gasteiger partial charge in [-0.2, -0.15) is 0 Å². The number of carbonyl (C=O) groups is 2. The minimum Gasteiger partial charge on any atom is -0.481 e. The minimum atomic E-state index is -1.00. The highest BCUT2D eigenvalue weighted by molar-refractivity contribution is 5.96. The number of carboxylic acid groups (broad SMARTS) is 1. The number of amides is 1. The molecule has 2 N–H and O–H groups in total. The summed E-state index contributed by atoms with van der Waals surface area (Å²) < 4.78 is 5.51. The Kier molecular flexibility index (Phi) is 3.62. The number of ether oxygens (including phenoxy) is 1. The SMILES string of the molecule is CN(C)c1ccc(NC(=O)[C@H]2[C@@H](C(=O)O)[C@H]3C=C[C@H]2O3)cc1. The fourth-order valence-electron chi connectivity index (χ4n) is 2.98. The molecule has 4 atom stereocenters. The van der Waals surface area contributed by atoms with Crippen LogP contribution in [0.25, 0.3) is 0 Å². The fraction of sp³-hybridized carbons (Fsp3) is 0.375. The van der Waals surface area contributed by atoms with E-state index in [1.807, 2.05) is 31.1 Å². The van der Waals surface area contributed by atoms with Crippen LogP contribution in [0.4, 0.5) is 11.4 Å². The second kappa shape index (κ2) is 5.46. The molecule has 2 heterocycles. The number of aliphatic carboxylic acids is 1. The molecule has 22 heavy (non-hydrogen) atoms. The number of hydrogen-bond acceptors (Lipinski definition) is 4. The highest BCUT2D eigenvalue weighted by Gasteiger charge is 2.53. The van der Waals surface area contributed by atoms with E-state index in [9.17, 15) is 14.7 Å².